The van der Waals surface area contributed by atoms with Crippen LogP contribution in [0.1, 0.15) is 32.6 Å². The summed E-state index contributed by atoms with van der Waals surface area (Å²) in [6, 6.07) is 3.66. The van der Waals surface area contributed by atoms with Gasteiger partial charge in [0.2, 0.25) is 0 Å². The van der Waals surface area contributed by atoms with E-state index >= 15 is 0 Å². The van der Waals surface area contributed by atoms with E-state index in [1.54, 1.807) is 0 Å². The van der Waals surface area contributed by atoms with Crippen LogP contribution in [0, 0.1) is 22.7 Å². The summed E-state index contributed by atoms with van der Waals surface area (Å²) in [4.78, 5) is 0. The summed E-state index contributed by atoms with van der Waals surface area (Å²) in [6.07, 6.45) is 6.23. The Balaban J connectivity index is 2.55. The molecule has 1 aliphatic carbocycles. The van der Waals surface area contributed by atoms with Gasteiger partial charge in [-0.3, -0.25) is 0 Å². The number of rotatable bonds is 2. The third-order valence-corrected chi connectivity index (χ3v) is 2.51. The van der Waals surface area contributed by atoms with Crippen LogP contribution in [0.2, 0.25) is 0 Å². The van der Waals surface area contributed by atoms with Gasteiger partial charge in [0, 0.05) is 11.7 Å². The summed E-state index contributed by atoms with van der Waals surface area (Å²) in [5.41, 5.74) is 0.243. The minimum Gasteiger partial charge on any atom is -0.384 e. The van der Waals surface area contributed by atoms with Crippen LogP contribution in [0.15, 0.2) is 11.8 Å². The standard InChI is InChI=1S/C10H13N3/c1-10(4-2-3-5-10)13-8-9(6-11)7-12/h8,13H,2-5H2,1H3. The molecule has 13 heavy (non-hydrogen) atoms. The molecule has 0 aromatic heterocycles. The molecule has 0 saturated heterocycles. The van der Waals surface area contributed by atoms with E-state index in [1.807, 2.05) is 12.1 Å². The molecular formula is C10H13N3. The summed E-state index contributed by atoms with van der Waals surface area (Å²) in [5, 5.41) is 20.2. The van der Waals surface area contributed by atoms with Crippen LogP contribution in [0.5, 0.6) is 0 Å². The fourth-order valence-electron chi connectivity index (χ4n) is 1.64. The van der Waals surface area contributed by atoms with Gasteiger partial charge in [0.1, 0.15) is 17.7 Å². The molecule has 0 aromatic rings. The van der Waals surface area contributed by atoms with Gasteiger partial charge in [-0.15, -0.1) is 0 Å². The van der Waals surface area contributed by atoms with Crippen molar-refractivity contribution in [2.45, 2.75) is 38.1 Å². The first-order valence-electron chi connectivity index (χ1n) is 4.48. The largest absolute Gasteiger partial charge is 0.384 e. The zero-order valence-electron chi connectivity index (χ0n) is 7.80. The molecule has 68 valence electrons. The lowest BCUT2D eigenvalue weighted by atomic mass is 10.0. The summed E-state index contributed by atoms with van der Waals surface area (Å²) in [7, 11) is 0. The smallest absolute Gasteiger partial charge is 0.145 e. The van der Waals surface area contributed by atoms with Crippen LogP contribution in [0.3, 0.4) is 0 Å². The molecular weight excluding hydrogens is 162 g/mol. The zero-order chi connectivity index (χ0) is 9.73. The van der Waals surface area contributed by atoms with E-state index in [-0.39, 0.29) is 11.1 Å². The highest BCUT2D eigenvalue weighted by Crippen LogP contribution is 2.28. The Morgan fingerprint density at radius 3 is 2.31 bits per heavy atom. The number of nitrogens with one attached hydrogen (secondary N) is 1. The van der Waals surface area contributed by atoms with E-state index in [1.165, 1.54) is 19.0 Å². The lowest BCUT2D eigenvalue weighted by molar-refractivity contribution is 0.415. The third-order valence-electron chi connectivity index (χ3n) is 2.51. The number of allylic oxidation sites excluding steroid dienone is 1. The van der Waals surface area contributed by atoms with Crippen LogP contribution >= 0.6 is 0 Å². The number of hydrogen-bond donors (Lipinski definition) is 1. The number of nitrogens with zero attached hydrogens (tertiary/aromatic N) is 2. The summed E-state index contributed by atoms with van der Waals surface area (Å²) >= 11 is 0. The van der Waals surface area contributed by atoms with E-state index in [2.05, 4.69) is 12.2 Å². The van der Waals surface area contributed by atoms with Crippen molar-refractivity contribution in [3.05, 3.63) is 11.8 Å². The first-order chi connectivity index (χ1) is 6.20. The Bertz CT molecular complexity index is 268. The second-order valence-corrected chi connectivity index (χ2v) is 3.69. The van der Waals surface area contributed by atoms with Crippen molar-refractivity contribution in [3.63, 3.8) is 0 Å². The molecule has 0 atom stereocenters. The van der Waals surface area contributed by atoms with E-state index in [0.29, 0.717) is 0 Å². The molecule has 0 heterocycles. The van der Waals surface area contributed by atoms with Gasteiger partial charge in [-0.25, -0.2) is 0 Å². The van der Waals surface area contributed by atoms with Gasteiger partial charge in [-0.2, -0.15) is 10.5 Å². The molecule has 1 fully saturated rings. The second-order valence-electron chi connectivity index (χ2n) is 3.69. The molecule has 1 saturated carbocycles. The fraction of sp³-hybridized carbons (Fsp3) is 0.600. The Morgan fingerprint density at radius 1 is 1.31 bits per heavy atom. The maximum absolute atomic E-state index is 8.50. The minimum atomic E-state index is 0.0962. The van der Waals surface area contributed by atoms with Crippen molar-refractivity contribution in [1.29, 1.82) is 10.5 Å². The molecule has 0 aromatic carbocycles. The van der Waals surface area contributed by atoms with E-state index < -0.39 is 0 Å². The van der Waals surface area contributed by atoms with E-state index in [0.717, 1.165) is 12.8 Å². The molecule has 0 spiro atoms. The lowest BCUT2D eigenvalue weighted by Crippen LogP contribution is -2.35. The molecule has 3 nitrogen and oxygen atoms in total. The second kappa shape index (κ2) is 3.96. The first kappa shape index (κ1) is 9.61. The topological polar surface area (TPSA) is 59.6 Å². The van der Waals surface area contributed by atoms with Gasteiger partial charge in [0.05, 0.1) is 0 Å². The van der Waals surface area contributed by atoms with Crippen LogP contribution in [0.4, 0.5) is 0 Å². The highest BCUT2D eigenvalue weighted by molar-refractivity contribution is 5.34. The Kier molecular flexibility index (Phi) is 2.93. The van der Waals surface area contributed by atoms with Crippen molar-refractivity contribution in [2.24, 2.45) is 0 Å². The van der Waals surface area contributed by atoms with Crippen molar-refractivity contribution in [2.75, 3.05) is 0 Å². The Morgan fingerprint density at radius 2 is 1.85 bits per heavy atom. The van der Waals surface area contributed by atoms with Crippen LogP contribution < -0.4 is 5.32 Å². The fourth-order valence-corrected chi connectivity index (χ4v) is 1.64. The predicted molar refractivity (Wildman–Crippen MR) is 49.3 cm³/mol. The normalized spacial score (nSPS) is 18.4. The van der Waals surface area contributed by atoms with Crippen LogP contribution in [-0.2, 0) is 0 Å². The van der Waals surface area contributed by atoms with Gasteiger partial charge in [-0.1, -0.05) is 12.8 Å². The molecule has 0 radical (unpaired) electrons. The highest BCUT2D eigenvalue weighted by atomic mass is 14.9. The molecule has 0 aliphatic heterocycles. The first-order valence-corrected chi connectivity index (χ1v) is 4.48. The van der Waals surface area contributed by atoms with Crippen molar-refractivity contribution in [3.8, 4) is 12.1 Å². The van der Waals surface area contributed by atoms with E-state index in [9.17, 15) is 0 Å². The van der Waals surface area contributed by atoms with Crippen LogP contribution in [0.25, 0.3) is 0 Å². The summed E-state index contributed by atoms with van der Waals surface area (Å²) in [6.45, 7) is 2.13. The van der Waals surface area contributed by atoms with Crippen molar-refractivity contribution in [1.82, 2.24) is 5.32 Å². The molecule has 3 heteroatoms. The van der Waals surface area contributed by atoms with Gasteiger partial charge in [0.25, 0.3) is 0 Å². The number of hydrogen-bond acceptors (Lipinski definition) is 3. The Labute approximate surface area is 78.7 Å². The van der Waals surface area contributed by atoms with Gasteiger partial charge in [-0.05, 0) is 19.8 Å². The molecule has 0 bridgehead atoms. The highest BCUT2D eigenvalue weighted by Gasteiger charge is 2.26. The lowest BCUT2D eigenvalue weighted by Gasteiger charge is -2.23. The molecule has 1 N–H and O–H groups in total. The SMILES string of the molecule is CC1(NC=C(C#N)C#N)CCCC1. The van der Waals surface area contributed by atoms with Gasteiger partial charge < -0.3 is 5.32 Å². The predicted octanol–water partition coefficient (Wildman–Crippen LogP) is 1.84. The summed E-state index contributed by atoms with van der Waals surface area (Å²) in [5.74, 6) is 0. The molecule has 1 rings (SSSR count). The molecule has 0 unspecified atom stereocenters. The summed E-state index contributed by atoms with van der Waals surface area (Å²) < 4.78 is 0. The van der Waals surface area contributed by atoms with Crippen molar-refractivity contribution < 1.29 is 0 Å². The van der Waals surface area contributed by atoms with E-state index in [4.69, 9.17) is 10.5 Å². The average molecular weight is 175 g/mol. The average Bonchev–Trinajstić information content (AvgIpc) is 2.55. The molecule has 0 amide bonds. The maximum atomic E-state index is 8.50. The van der Waals surface area contributed by atoms with Crippen LogP contribution in [-0.4, -0.2) is 5.54 Å². The third kappa shape index (κ3) is 2.49. The molecule has 1 aliphatic rings. The van der Waals surface area contributed by atoms with Crippen molar-refractivity contribution >= 4 is 0 Å². The minimum absolute atomic E-state index is 0.0962. The Hall–Kier alpha value is -1.48. The van der Waals surface area contributed by atoms with Gasteiger partial charge in [0.15, 0.2) is 0 Å². The quantitative estimate of drug-likeness (QED) is 0.651. The number of nitriles is 2. The van der Waals surface area contributed by atoms with Gasteiger partial charge >= 0.3 is 0 Å². The zero-order valence-corrected chi connectivity index (χ0v) is 7.80. The maximum Gasteiger partial charge on any atom is 0.145 e. The monoisotopic (exact) mass is 175 g/mol.